The number of halogens is 3. The van der Waals surface area contributed by atoms with Crippen molar-refractivity contribution in [3.63, 3.8) is 0 Å². The van der Waals surface area contributed by atoms with Crippen LogP contribution in [0.1, 0.15) is 30.3 Å². The molecule has 6 nitrogen and oxygen atoms in total. The van der Waals surface area contributed by atoms with Gasteiger partial charge in [-0.1, -0.05) is 30.3 Å². The van der Waals surface area contributed by atoms with Crippen LogP contribution < -0.4 is 5.32 Å². The summed E-state index contributed by atoms with van der Waals surface area (Å²) < 4.78 is 43.3. The van der Waals surface area contributed by atoms with Gasteiger partial charge in [0.15, 0.2) is 0 Å². The van der Waals surface area contributed by atoms with E-state index in [0.29, 0.717) is 5.56 Å². The molecule has 0 spiro atoms. The van der Waals surface area contributed by atoms with E-state index in [1.807, 2.05) is 17.4 Å². The molecule has 31 heavy (non-hydrogen) atoms. The summed E-state index contributed by atoms with van der Waals surface area (Å²) in [4.78, 5) is 18.0. The highest BCUT2D eigenvalue weighted by Gasteiger charge is 2.26. The molecule has 1 aromatic heterocycles. The average molecular weight is 437 g/mol. The summed E-state index contributed by atoms with van der Waals surface area (Å²) in [6.07, 6.45) is -2.95. The number of ether oxygens (including phenoxy) is 1. The molecule has 3 atom stereocenters. The predicted molar refractivity (Wildman–Crippen MR) is 109 cm³/mol. The third kappa shape index (κ3) is 5.81. The van der Waals surface area contributed by atoms with Gasteiger partial charge in [-0.05, 0) is 24.1 Å². The van der Waals surface area contributed by atoms with Crippen molar-refractivity contribution in [2.45, 2.75) is 31.5 Å². The second-order valence-electron chi connectivity index (χ2n) is 7.43. The fourth-order valence-corrected chi connectivity index (χ4v) is 3.53. The van der Waals surface area contributed by atoms with Gasteiger partial charge in [-0.25, -0.2) is 4.39 Å². The van der Waals surface area contributed by atoms with E-state index < -0.39 is 31.2 Å². The Bertz CT molecular complexity index is 843. The molecule has 0 radical (unpaired) electrons. The number of aromatic nitrogens is 1. The smallest absolute Gasteiger partial charge is 0.315 e. The van der Waals surface area contributed by atoms with Crippen LogP contribution in [0.4, 0.5) is 13.2 Å². The number of hydrogen-bond donors (Lipinski definition) is 2. The van der Waals surface area contributed by atoms with Gasteiger partial charge in [0, 0.05) is 30.9 Å². The first-order valence-electron chi connectivity index (χ1n) is 10.1. The van der Waals surface area contributed by atoms with Crippen LogP contribution in [0.5, 0.6) is 0 Å². The van der Waals surface area contributed by atoms with Crippen molar-refractivity contribution >= 4 is 5.91 Å². The van der Waals surface area contributed by atoms with Gasteiger partial charge in [-0.15, -0.1) is 0 Å². The summed E-state index contributed by atoms with van der Waals surface area (Å²) >= 11 is 0. The maximum Gasteiger partial charge on any atom is 0.315 e. The van der Waals surface area contributed by atoms with Gasteiger partial charge in [0.25, 0.3) is 5.91 Å². The number of pyridine rings is 1. The first-order valence-corrected chi connectivity index (χ1v) is 10.1. The van der Waals surface area contributed by atoms with E-state index in [0.717, 1.165) is 43.1 Å². The highest BCUT2D eigenvalue weighted by Crippen LogP contribution is 2.26. The molecule has 1 aliphatic heterocycles. The lowest BCUT2D eigenvalue weighted by molar-refractivity contribution is -0.133. The average Bonchev–Trinajstić information content (AvgIpc) is 2.82. The van der Waals surface area contributed by atoms with E-state index in [9.17, 15) is 23.1 Å². The van der Waals surface area contributed by atoms with Gasteiger partial charge in [0.05, 0.1) is 24.9 Å². The van der Waals surface area contributed by atoms with Crippen molar-refractivity contribution in [3.8, 4) is 11.1 Å². The standard InChI is InChI=1S/C22H26F3N3O3/c1-14(28-8-10-31-11-9-28)18-7-6-17(13-26-18)15-2-4-16(5-3-15)20(29)19(12-23)27-22(30)21(24)25/h2-7,13-14,19-21,29H,8-12H2,1H3,(H,27,30)/t14?,19-,20-/m1/s1. The minimum absolute atomic E-state index is 0.177. The van der Waals surface area contributed by atoms with Crippen molar-refractivity contribution in [2.24, 2.45) is 0 Å². The summed E-state index contributed by atoms with van der Waals surface area (Å²) in [6.45, 7) is 4.11. The predicted octanol–water partition coefficient (Wildman–Crippen LogP) is 2.89. The van der Waals surface area contributed by atoms with Crippen LogP contribution in [0.25, 0.3) is 11.1 Å². The number of benzene rings is 1. The summed E-state index contributed by atoms with van der Waals surface area (Å²) in [5.41, 5.74) is 2.97. The summed E-state index contributed by atoms with van der Waals surface area (Å²) in [5, 5.41) is 12.1. The number of carbonyl (C=O) groups is 1. The summed E-state index contributed by atoms with van der Waals surface area (Å²) in [6, 6.07) is 9.25. The molecule has 1 aliphatic rings. The summed E-state index contributed by atoms with van der Waals surface area (Å²) in [7, 11) is 0. The minimum atomic E-state index is -3.27. The third-order valence-electron chi connectivity index (χ3n) is 5.47. The highest BCUT2D eigenvalue weighted by atomic mass is 19.3. The zero-order valence-electron chi connectivity index (χ0n) is 17.2. The lowest BCUT2D eigenvalue weighted by Crippen LogP contribution is -2.43. The zero-order valence-corrected chi connectivity index (χ0v) is 17.2. The molecule has 9 heteroatoms. The van der Waals surface area contributed by atoms with Crippen LogP contribution in [0.15, 0.2) is 42.6 Å². The zero-order chi connectivity index (χ0) is 22.4. The number of carbonyl (C=O) groups excluding carboxylic acids is 1. The molecule has 2 N–H and O–H groups in total. The molecule has 0 aliphatic carbocycles. The van der Waals surface area contributed by atoms with E-state index >= 15 is 0 Å². The van der Waals surface area contributed by atoms with Gasteiger partial charge in [0.1, 0.15) is 12.8 Å². The van der Waals surface area contributed by atoms with Crippen LogP contribution in [-0.4, -0.2) is 66.3 Å². The first-order chi connectivity index (χ1) is 14.9. The Morgan fingerprint density at radius 3 is 2.35 bits per heavy atom. The molecule has 2 aromatic rings. The highest BCUT2D eigenvalue weighted by molar-refractivity contribution is 5.79. The molecule has 1 aromatic carbocycles. The molecular weight excluding hydrogens is 411 g/mol. The van der Waals surface area contributed by atoms with Crippen molar-refractivity contribution in [2.75, 3.05) is 33.0 Å². The monoisotopic (exact) mass is 437 g/mol. The first kappa shape index (κ1) is 23.2. The molecule has 1 amide bonds. The Kier molecular flexibility index (Phi) is 8.00. The SMILES string of the molecule is CC(c1ccc(-c2ccc([C@@H](O)[C@@H](CF)NC(=O)C(F)F)cc2)cn1)N1CCOCC1. The molecule has 168 valence electrons. The quantitative estimate of drug-likeness (QED) is 0.664. The van der Waals surface area contributed by atoms with Crippen LogP contribution in [-0.2, 0) is 9.53 Å². The molecule has 3 rings (SSSR count). The number of hydrogen-bond acceptors (Lipinski definition) is 5. The number of amides is 1. The topological polar surface area (TPSA) is 74.7 Å². The number of nitrogens with one attached hydrogen (secondary N) is 1. The maximum absolute atomic E-state index is 13.2. The Balaban J connectivity index is 1.67. The lowest BCUT2D eigenvalue weighted by Gasteiger charge is -2.31. The summed E-state index contributed by atoms with van der Waals surface area (Å²) in [5.74, 6) is -1.62. The number of aliphatic hydroxyl groups is 1. The van der Waals surface area contributed by atoms with Crippen LogP contribution in [0.2, 0.25) is 0 Å². The molecule has 1 unspecified atom stereocenters. The Morgan fingerprint density at radius 1 is 1.16 bits per heavy atom. The molecule has 0 saturated carbocycles. The maximum atomic E-state index is 13.2. The van der Waals surface area contributed by atoms with Gasteiger partial charge in [-0.2, -0.15) is 8.78 Å². The Labute approximate surface area is 179 Å². The van der Waals surface area contributed by atoms with E-state index in [-0.39, 0.29) is 6.04 Å². The fourth-order valence-electron chi connectivity index (χ4n) is 3.53. The normalized spacial score (nSPS) is 17.9. The van der Waals surface area contributed by atoms with Gasteiger partial charge < -0.3 is 15.2 Å². The van der Waals surface area contributed by atoms with Crippen molar-refractivity contribution in [1.82, 2.24) is 15.2 Å². The van der Waals surface area contributed by atoms with Crippen LogP contribution in [0, 0.1) is 0 Å². The second-order valence-corrected chi connectivity index (χ2v) is 7.43. The van der Waals surface area contributed by atoms with Gasteiger partial charge in [-0.3, -0.25) is 14.7 Å². The number of nitrogens with zero attached hydrogens (tertiary/aromatic N) is 2. The lowest BCUT2D eigenvalue weighted by atomic mass is 9.99. The number of aliphatic hydroxyl groups excluding tert-OH is 1. The number of morpholine rings is 1. The Morgan fingerprint density at radius 2 is 1.81 bits per heavy atom. The van der Waals surface area contributed by atoms with Gasteiger partial charge >= 0.3 is 6.43 Å². The number of rotatable bonds is 8. The molecule has 1 saturated heterocycles. The van der Waals surface area contributed by atoms with Crippen molar-refractivity contribution in [3.05, 3.63) is 53.9 Å². The van der Waals surface area contributed by atoms with E-state index in [4.69, 9.17) is 4.74 Å². The van der Waals surface area contributed by atoms with Crippen molar-refractivity contribution < 1.29 is 27.8 Å². The Hall–Kier alpha value is -2.49. The molecule has 2 heterocycles. The van der Waals surface area contributed by atoms with Crippen LogP contribution >= 0.6 is 0 Å². The molecular formula is C22H26F3N3O3. The van der Waals surface area contributed by atoms with E-state index in [2.05, 4.69) is 16.8 Å². The second kappa shape index (κ2) is 10.7. The largest absolute Gasteiger partial charge is 0.386 e. The van der Waals surface area contributed by atoms with Gasteiger partial charge in [0.2, 0.25) is 0 Å². The van der Waals surface area contributed by atoms with Crippen LogP contribution in [0.3, 0.4) is 0 Å². The molecule has 0 bridgehead atoms. The molecule has 1 fully saturated rings. The minimum Gasteiger partial charge on any atom is -0.386 e. The fraction of sp³-hybridized carbons (Fsp3) is 0.455. The van der Waals surface area contributed by atoms with E-state index in [1.165, 1.54) is 0 Å². The van der Waals surface area contributed by atoms with E-state index in [1.54, 1.807) is 30.5 Å². The third-order valence-corrected chi connectivity index (χ3v) is 5.47. The van der Waals surface area contributed by atoms with Crippen molar-refractivity contribution in [1.29, 1.82) is 0 Å². The number of alkyl halides is 3.